The molecule has 1 N–H and O–H groups in total. The number of methoxy groups -OCH3 is 2. The SMILES string of the molecule is CCOc1cc(/C=c2/sc3n(c2=O)[C@H](c2cc(OC)ccc2OC)C(C(=O)N(CC)CC)=C(C)N=3)cc(I)c1O. The van der Waals surface area contributed by atoms with Crippen molar-refractivity contribution in [3.05, 3.63) is 76.0 Å². The number of aromatic hydroxyl groups is 1. The molecule has 1 amide bonds. The molecule has 1 atom stereocenters. The number of hydrogen-bond donors (Lipinski definition) is 1. The fourth-order valence-corrected chi connectivity index (χ4v) is 6.39. The van der Waals surface area contributed by atoms with E-state index < -0.39 is 6.04 Å². The van der Waals surface area contributed by atoms with Gasteiger partial charge in [0.15, 0.2) is 16.3 Å². The van der Waals surface area contributed by atoms with E-state index in [0.29, 0.717) is 72.2 Å². The Morgan fingerprint density at radius 2 is 1.88 bits per heavy atom. The van der Waals surface area contributed by atoms with E-state index in [1.807, 2.05) is 43.4 Å². The molecule has 0 radical (unpaired) electrons. The number of allylic oxidation sites excluding steroid dienone is 1. The molecule has 1 aromatic heterocycles. The number of phenols is 1. The molecule has 0 bridgehead atoms. The molecule has 9 nitrogen and oxygen atoms in total. The van der Waals surface area contributed by atoms with Crippen molar-refractivity contribution in [2.75, 3.05) is 33.9 Å². The Morgan fingerprint density at radius 1 is 1.15 bits per heavy atom. The van der Waals surface area contributed by atoms with Crippen molar-refractivity contribution in [3.8, 4) is 23.0 Å². The fourth-order valence-electron chi connectivity index (χ4n) is 4.72. The molecule has 40 heavy (non-hydrogen) atoms. The zero-order valence-electron chi connectivity index (χ0n) is 23.3. The summed E-state index contributed by atoms with van der Waals surface area (Å²) < 4.78 is 19.4. The third kappa shape index (κ3) is 5.49. The minimum absolute atomic E-state index is 0.0568. The molecule has 11 heteroatoms. The van der Waals surface area contributed by atoms with Crippen LogP contribution in [-0.4, -0.2) is 54.4 Å². The van der Waals surface area contributed by atoms with Crippen molar-refractivity contribution in [1.29, 1.82) is 0 Å². The Hall–Kier alpha value is -3.32. The maximum absolute atomic E-state index is 14.1. The highest BCUT2D eigenvalue weighted by Gasteiger charge is 2.36. The number of amides is 1. The van der Waals surface area contributed by atoms with Gasteiger partial charge >= 0.3 is 0 Å². The van der Waals surface area contributed by atoms with Crippen molar-refractivity contribution in [2.45, 2.75) is 33.7 Å². The summed E-state index contributed by atoms with van der Waals surface area (Å²) in [6.07, 6.45) is 1.75. The lowest BCUT2D eigenvalue weighted by Gasteiger charge is -2.30. The molecule has 2 aromatic carbocycles. The first kappa shape index (κ1) is 29.7. The summed E-state index contributed by atoms with van der Waals surface area (Å²) in [5.41, 5.74) is 1.97. The standard InChI is InChI=1S/C29H32IN3O6S/c1-7-32(8-2)28(36)24-16(4)31-29-33(25(24)19-15-18(37-5)10-11-21(19)38-6)27(35)23(40-29)14-17-12-20(30)26(34)22(13-17)39-9-3/h10-15,25,34H,7-9H2,1-6H3/b23-14+/t25-/m1/s1. The average molecular weight is 678 g/mol. The van der Waals surface area contributed by atoms with E-state index in [-0.39, 0.29) is 17.2 Å². The minimum atomic E-state index is -0.782. The molecule has 1 aliphatic rings. The Kier molecular flexibility index (Phi) is 9.24. The Balaban J connectivity index is 2.01. The van der Waals surface area contributed by atoms with Gasteiger partial charge in [-0.05, 0) is 92.3 Å². The van der Waals surface area contributed by atoms with Gasteiger partial charge in [0.05, 0.1) is 40.2 Å². The number of benzene rings is 2. The summed E-state index contributed by atoms with van der Waals surface area (Å²) in [6, 6.07) is 8.03. The number of aromatic nitrogens is 1. The number of rotatable bonds is 9. The van der Waals surface area contributed by atoms with E-state index in [9.17, 15) is 14.7 Å². The topological polar surface area (TPSA) is 103 Å². The number of nitrogens with zero attached hydrogens (tertiary/aromatic N) is 3. The van der Waals surface area contributed by atoms with Crippen LogP contribution in [0.1, 0.15) is 44.9 Å². The van der Waals surface area contributed by atoms with Crippen LogP contribution in [0.15, 0.2) is 51.4 Å². The van der Waals surface area contributed by atoms with Crippen LogP contribution < -0.4 is 29.1 Å². The van der Waals surface area contributed by atoms with Crippen molar-refractivity contribution >= 4 is 45.9 Å². The molecule has 0 aliphatic carbocycles. The van der Waals surface area contributed by atoms with Gasteiger partial charge in [0.2, 0.25) is 0 Å². The van der Waals surface area contributed by atoms with Crippen molar-refractivity contribution < 1.29 is 24.1 Å². The number of thiazole rings is 1. The third-order valence-electron chi connectivity index (χ3n) is 6.68. The maximum atomic E-state index is 14.1. The molecule has 0 fully saturated rings. The molecule has 4 rings (SSSR count). The van der Waals surface area contributed by atoms with Crippen LogP contribution >= 0.6 is 33.9 Å². The van der Waals surface area contributed by atoms with Crippen molar-refractivity contribution in [3.63, 3.8) is 0 Å². The van der Waals surface area contributed by atoms with Crippen molar-refractivity contribution in [1.82, 2.24) is 9.47 Å². The van der Waals surface area contributed by atoms with Gasteiger partial charge in [-0.15, -0.1) is 0 Å². The first-order chi connectivity index (χ1) is 19.2. The zero-order valence-corrected chi connectivity index (χ0v) is 26.3. The van der Waals surface area contributed by atoms with Gasteiger partial charge in [0, 0.05) is 18.7 Å². The zero-order chi connectivity index (χ0) is 29.1. The summed E-state index contributed by atoms with van der Waals surface area (Å²) >= 11 is 3.27. The van der Waals surface area contributed by atoms with Crippen LogP contribution in [0.25, 0.3) is 6.08 Å². The van der Waals surface area contributed by atoms with E-state index >= 15 is 0 Å². The Morgan fingerprint density at radius 3 is 2.50 bits per heavy atom. The molecule has 212 valence electrons. The Labute approximate surface area is 250 Å². The van der Waals surface area contributed by atoms with E-state index in [1.165, 1.54) is 11.3 Å². The highest BCUT2D eigenvalue weighted by atomic mass is 127. The summed E-state index contributed by atoms with van der Waals surface area (Å²) in [5, 5.41) is 10.4. The normalized spacial score (nSPS) is 15.0. The molecular formula is C29H32IN3O6S. The predicted molar refractivity (Wildman–Crippen MR) is 163 cm³/mol. The lowest BCUT2D eigenvalue weighted by atomic mass is 9.93. The second kappa shape index (κ2) is 12.5. The first-order valence-electron chi connectivity index (χ1n) is 12.9. The molecule has 0 spiro atoms. The highest BCUT2D eigenvalue weighted by Crippen LogP contribution is 2.38. The third-order valence-corrected chi connectivity index (χ3v) is 8.49. The van der Waals surface area contributed by atoms with Crippen LogP contribution in [-0.2, 0) is 4.79 Å². The van der Waals surface area contributed by atoms with E-state index in [1.54, 1.807) is 67.0 Å². The number of ether oxygens (including phenoxy) is 3. The number of carbonyl (C=O) groups is 1. The molecular weight excluding hydrogens is 645 g/mol. The molecule has 0 saturated carbocycles. The van der Waals surface area contributed by atoms with Crippen LogP contribution in [0.4, 0.5) is 0 Å². The number of halogens is 1. The van der Waals surface area contributed by atoms with Gasteiger partial charge in [-0.25, -0.2) is 4.99 Å². The average Bonchev–Trinajstić information content (AvgIpc) is 3.24. The summed E-state index contributed by atoms with van der Waals surface area (Å²) in [7, 11) is 3.12. The van der Waals surface area contributed by atoms with Crippen molar-refractivity contribution in [2.24, 2.45) is 4.99 Å². The lowest BCUT2D eigenvalue weighted by Crippen LogP contribution is -2.43. The lowest BCUT2D eigenvalue weighted by molar-refractivity contribution is -0.127. The van der Waals surface area contributed by atoms with Gasteiger partial charge in [0.1, 0.15) is 17.5 Å². The number of phenolic OH excluding ortho intramolecular Hbond substituents is 1. The highest BCUT2D eigenvalue weighted by molar-refractivity contribution is 14.1. The molecule has 2 heterocycles. The second-order valence-electron chi connectivity index (χ2n) is 8.95. The van der Waals surface area contributed by atoms with Gasteiger partial charge in [-0.1, -0.05) is 11.3 Å². The summed E-state index contributed by atoms with van der Waals surface area (Å²) in [4.78, 5) is 34.9. The van der Waals surface area contributed by atoms with Gasteiger partial charge in [0.25, 0.3) is 11.5 Å². The number of carbonyl (C=O) groups excluding carboxylic acids is 1. The first-order valence-corrected chi connectivity index (χ1v) is 14.8. The van der Waals surface area contributed by atoms with Gasteiger partial charge in [-0.2, -0.15) is 0 Å². The Bertz CT molecular complexity index is 1660. The van der Waals surface area contributed by atoms with Crippen LogP contribution in [0, 0.1) is 3.57 Å². The summed E-state index contributed by atoms with van der Waals surface area (Å²) in [5.74, 6) is 1.31. The molecule has 1 aliphatic heterocycles. The second-order valence-corrected chi connectivity index (χ2v) is 11.1. The monoisotopic (exact) mass is 677 g/mol. The number of hydrogen-bond acceptors (Lipinski definition) is 8. The van der Waals surface area contributed by atoms with E-state index in [4.69, 9.17) is 19.2 Å². The van der Waals surface area contributed by atoms with Crippen LogP contribution in [0.2, 0.25) is 0 Å². The summed E-state index contributed by atoms with van der Waals surface area (Å²) in [6.45, 7) is 8.89. The van der Waals surface area contributed by atoms with Crippen LogP contribution in [0.3, 0.4) is 0 Å². The number of likely N-dealkylation sites (N-methyl/N-ethyl adjacent to an activating group) is 1. The molecule has 0 unspecified atom stereocenters. The molecule has 3 aromatic rings. The van der Waals surface area contributed by atoms with Gasteiger partial charge < -0.3 is 24.2 Å². The predicted octanol–water partition coefficient (Wildman–Crippen LogP) is 3.83. The van der Waals surface area contributed by atoms with E-state index in [0.717, 1.165) is 0 Å². The fraction of sp³-hybridized carbons (Fsp3) is 0.345. The minimum Gasteiger partial charge on any atom is -0.504 e. The van der Waals surface area contributed by atoms with Crippen LogP contribution in [0.5, 0.6) is 23.0 Å². The van der Waals surface area contributed by atoms with E-state index in [2.05, 4.69) is 0 Å². The number of fused-ring (bicyclic) bond motifs is 1. The maximum Gasteiger partial charge on any atom is 0.271 e. The molecule has 0 saturated heterocycles. The smallest absolute Gasteiger partial charge is 0.271 e. The largest absolute Gasteiger partial charge is 0.504 e. The van der Waals surface area contributed by atoms with Gasteiger partial charge in [-0.3, -0.25) is 14.2 Å². The quantitative estimate of drug-likeness (QED) is 0.346.